The predicted molar refractivity (Wildman–Crippen MR) is 85.5 cm³/mol. The third kappa shape index (κ3) is 6.56. The minimum atomic E-state index is 0.844. The van der Waals surface area contributed by atoms with Crippen LogP contribution in [0.2, 0.25) is 0 Å². The zero-order valence-corrected chi connectivity index (χ0v) is 14.1. The number of hydrogen-bond acceptors (Lipinski definition) is 1. The fourth-order valence-corrected chi connectivity index (χ4v) is 3.57. The largest absolute Gasteiger partial charge is 0.300 e. The molecule has 0 aromatic rings. The van der Waals surface area contributed by atoms with Gasteiger partial charge >= 0.3 is 0 Å². The molecule has 0 radical (unpaired) electrons. The second kappa shape index (κ2) is 10.3. The molecule has 0 aromatic heterocycles. The maximum Gasteiger partial charge on any atom is 0.0119 e. The highest BCUT2D eigenvalue weighted by Crippen LogP contribution is 2.24. The van der Waals surface area contributed by atoms with Crippen LogP contribution in [0.3, 0.4) is 0 Å². The minimum absolute atomic E-state index is 0.844. The van der Waals surface area contributed by atoms with E-state index in [0.29, 0.717) is 0 Å². The molecule has 0 spiro atoms. The van der Waals surface area contributed by atoms with Crippen LogP contribution in [-0.4, -0.2) is 29.4 Å². The number of nitrogens with zero attached hydrogens (tertiary/aromatic N) is 1. The lowest BCUT2D eigenvalue weighted by Crippen LogP contribution is -2.34. The van der Waals surface area contributed by atoms with Crippen molar-refractivity contribution in [2.24, 2.45) is 5.92 Å². The first-order chi connectivity index (χ1) is 8.75. The van der Waals surface area contributed by atoms with E-state index in [-0.39, 0.29) is 0 Å². The van der Waals surface area contributed by atoms with Gasteiger partial charge in [-0.25, -0.2) is 0 Å². The Balaban J connectivity index is 1.94. The summed E-state index contributed by atoms with van der Waals surface area (Å²) in [4.78, 5) is 2.75. The molecule has 2 heteroatoms. The molecule has 1 fully saturated rings. The lowest BCUT2D eigenvalue weighted by atomic mass is 10.0. The van der Waals surface area contributed by atoms with Crippen LogP contribution < -0.4 is 0 Å². The number of alkyl halides is 1. The van der Waals surface area contributed by atoms with E-state index in [0.717, 1.165) is 12.0 Å². The summed E-state index contributed by atoms with van der Waals surface area (Å²) >= 11 is 3.49. The van der Waals surface area contributed by atoms with E-state index >= 15 is 0 Å². The number of unbranched alkanes of at least 4 members (excludes halogenated alkanes) is 6. The summed E-state index contributed by atoms with van der Waals surface area (Å²) in [7, 11) is 0. The van der Waals surface area contributed by atoms with Gasteiger partial charge in [0.25, 0.3) is 0 Å². The molecule has 0 saturated carbocycles. The Bertz CT molecular complexity index is 194. The van der Waals surface area contributed by atoms with Crippen molar-refractivity contribution in [1.29, 1.82) is 0 Å². The van der Waals surface area contributed by atoms with Crippen LogP contribution in [0.1, 0.15) is 71.6 Å². The first-order valence-corrected chi connectivity index (χ1v) is 9.18. The molecule has 1 atom stereocenters. The molecule has 1 unspecified atom stereocenters. The number of rotatable bonds is 10. The fraction of sp³-hybridized carbons (Fsp3) is 1.00. The Morgan fingerprint density at radius 3 is 2.22 bits per heavy atom. The molecule has 1 rings (SSSR count). The summed E-state index contributed by atoms with van der Waals surface area (Å²) in [6, 6.07) is 0.879. The van der Waals surface area contributed by atoms with Gasteiger partial charge in [-0.15, -0.1) is 0 Å². The van der Waals surface area contributed by atoms with Crippen molar-refractivity contribution < 1.29 is 0 Å². The van der Waals surface area contributed by atoms with Crippen molar-refractivity contribution in [2.75, 3.05) is 18.4 Å². The highest BCUT2D eigenvalue weighted by atomic mass is 79.9. The van der Waals surface area contributed by atoms with E-state index in [2.05, 4.69) is 34.7 Å². The maximum atomic E-state index is 3.49. The van der Waals surface area contributed by atoms with Gasteiger partial charge in [-0.2, -0.15) is 0 Å². The van der Waals surface area contributed by atoms with E-state index in [4.69, 9.17) is 0 Å². The summed E-state index contributed by atoms with van der Waals surface area (Å²) in [5, 5.41) is 1.18. The van der Waals surface area contributed by atoms with Crippen LogP contribution in [0.15, 0.2) is 0 Å². The van der Waals surface area contributed by atoms with E-state index in [1.54, 1.807) is 0 Å². The number of halogens is 1. The van der Waals surface area contributed by atoms with Gasteiger partial charge in [-0.1, -0.05) is 61.9 Å². The lowest BCUT2D eigenvalue weighted by molar-refractivity contribution is 0.202. The first kappa shape index (κ1) is 16.5. The zero-order chi connectivity index (χ0) is 13.2. The van der Waals surface area contributed by atoms with Crippen molar-refractivity contribution in [3.8, 4) is 0 Å². The summed E-state index contributed by atoms with van der Waals surface area (Å²) in [5.41, 5.74) is 0. The quantitative estimate of drug-likeness (QED) is 0.394. The van der Waals surface area contributed by atoms with E-state index < -0.39 is 0 Å². The van der Waals surface area contributed by atoms with Crippen molar-refractivity contribution in [1.82, 2.24) is 4.90 Å². The van der Waals surface area contributed by atoms with Crippen LogP contribution in [0.5, 0.6) is 0 Å². The van der Waals surface area contributed by atoms with Crippen molar-refractivity contribution in [2.45, 2.75) is 77.7 Å². The summed E-state index contributed by atoms with van der Waals surface area (Å²) in [6.07, 6.45) is 12.8. The van der Waals surface area contributed by atoms with Crippen LogP contribution >= 0.6 is 15.9 Å². The van der Waals surface area contributed by atoms with Gasteiger partial charge in [0.1, 0.15) is 0 Å². The van der Waals surface area contributed by atoms with E-state index in [9.17, 15) is 0 Å². The minimum Gasteiger partial charge on any atom is -0.300 e. The second-order valence-corrected chi connectivity index (χ2v) is 6.95. The average Bonchev–Trinajstić information content (AvgIpc) is 2.81. The normalized spacial score (nSPS) is 21.0. The molecule has 108 valence electrons. The molecule has 0 N–H and O–H groups in total. The van der Waals surface area contributed by atoms with Crippen LogP contribution in [0.4, 0.5) is 0 Å². The van der Waals surface area contributed by atoms with Gasteiger partial charge in [0.2, 0.25) is 0 Å². The molecule has 1 nitrogen and oxygen atoms in total. The topological polar surface area (TPSA) is 3.24 Å². The summed E-state index contributed by atoms with van der Waals surface area (Å²) < 4.78 is 0. The van der Waals surface area contributed by atoms with Gasteiger partial charge in [-0.3, -0.25) is 0 Å². The fourth-order valence-electron chi connectivity index (χ4n) is 3.18. The summed E-state index contributed by atoms with van der Waals surface area (Å²) in [5.74, 6) is 0.844. The monoisotopic (exact) mass is 317 g/mol. The average molecular weight is 318 g/mol. The number of likely N-dealkylation sites (tertiary alicyclic amines) is 1. The van der Waals surface area contributed by atoms with E-state index in [1.165, 1.54) is 76.2 Å². The molecule has 18 heavy (non-hydrogen) atoms. The maximum absolute atomic E-state index is 3.49. The van der Waals surface area contributed by atoms with Crippen molar-refractivity contribution in [3.63, 3.8) is 0 Å². The van der Waals surface area contributed by atoms with E-state index in [1.807, 2.05) is 0 Å². The molecule has 1 heterocycles. The van der Waals surface area contributed by atoms with Crippen molar-refractivity contribution >= 4 is 15.9 Å². The van der Waals surface area contributed by atoms with Crippen LogP contribution in [0.25, 0.3) is 0 Å². The molecule has 0 amide bonds. The van der Waals surface area contributed by atoms with Gasteiger partial charge in [0.15, 0.2) is 0 Å². The van der Waals surface area contributed by atoms with Gasteiger partial charge in [0, 0.05) is 11.4 Å². The smallest absolute Gasteiger partial charge is 0.0119 e. The highest BCUT2D eigenvalue weighted by molar-refractivity contribution is 9.09. The Morgan fingerprint density at radius 1 is 1.00 bits per heavy atom. The first-order valence-electron chi connectivity index (χ1n) is 8.05. The lowest BCUT2D eigenvalue weighted by Gasteiger charge is -2.27. The number of hydrogen-bond donors (Lipinski definition) is 0. The SMILES string of the molecule is CC(C)C1CCCN1CCCCCCCCCBr. The second-order valence-electron chi connectivity index (χ2n) is 6.15. The Hall–Kier alpha value is 0.440. The molecule has 1 aliphatic heterocycles. The van der Waals surface area contributed by atoms with Gasteiger partial charge in [0.05, 0.1) is 0 Å². The van der Waals surface area contributed by atoms with Crippen molar-refractivity contribution in [3.05, 3.63) is 0 Å². The molecular weight excluding hydrogens is 286 g/mol. The molecule has 1 aliphatic rings. The predicted octanol–water partition coefficient (Wildman–Crippen LogP) is 5.23. The van der Waals surface area contributed by atoms with Gasteiger partial charge < -0.3 is 4.90 Å². The highest BCUT2D eigenvalue weighted by Gasteiger charge is 2.25. The van der Waals surface area contributed by atoms with Gasteiger partial charge in [-0.05, 0) is 44.7 Å². The molecular formula is C16H32BrN. The Morgan fingerprint density at radius 2 is 1.61 bits per heavy atom. The third-order valence-corrected chi connectivity index (χ3v) is 4.82. The zero-order valence-electron chi connectivity index (χ0n) is 12.5. The molecule has 1 saturated heterocycles. The Kier molecular flexibility index (Phi) is 9.40. The van der Waals surface area contributed by atoms with Crippen LogP contribution in [-0.2, 0) is 0 Å². The Labute approximate surface area is 123 Å². The molecule has 0 bridgehead atoms. The molecule has 0 aliphatic carbocycles. The van der Waals surface area contributed by atoms with Crippen LogP contribution in [0, 0.1) is 5.92 Å². The molecule has 0 aromatic carbocycles. The third-order valence-electron chi connectivity index (χ3n) is 4.26. The standard InChI is InChI=1S/C16H32BrN/c1-15(2)16-11-10-14-18(16)13-9-7-5-3-4-6-8-12-17/h15-16H,3-14H2,1-2H3. The summed E-state index contributed by atoms with van der Waals surface area (Å²) in [6.45, 7) is 7.47.